The standard InChI is InChI=1S/C15H25BrO/c1-10-5-6-13(16)15(4)8-7-11(9-12(10)15)14(2,3)17/h11-13,17H,1,5-9H2,2-4H3. The van der Waals surface area contributed by atoms with E-state index in [-0.39, 0.29) is 0 Å². The number of hydrogen-bond donors (Lipinski definition) is 1. The Balaban J connectivity index is 2.21. The van der Waals surface area contributed by atoms with Gasteiger partial charge in [-0.2, -0.15) is 0 Å². The van der Waals surface area contributed by atoms with Gasteiger partial charge in [-0.05, 0) is 63.2 Å². The number of rotatable bonds is 1. The molecule has 2 fully saturated rings. The summed E-state index contributed by atoms with van der Waals surface area (Å²) in [5, 5.41) is 10.2. The van der Waals surface area contributed by atoms with E-state index in [0.717, 1.165) is 19.3 Å². The zero-order valence-electron chi connectivity index (χ0n) is 11.3. The zero-order chi connectivity index (χ0) is 12.8. The van der Waals surface area contributed by atoms with Crippen LogP contribution in [0.5, 0.6) is 0 Å². The lowest BCUT2D eigenvalue weighted by Gasteiger charge is -2.53. The number of alkyl halides is 1. The fraction of sp³-hybridized carbons (Fsp3) is 0.867. The topological polar surface area (TPSA) is 20.2 Å². The molecule has 2 saturated carbocycles. The molecule has 0 aromatic carbocycles. The van der Waals surface area contributed by atoms with Crippen LogP contribution in [0.15, 0.2) is 12.2 Å². The Bertz CT molecular complexity index is 317. The van der Waals surface area contributed by atoms with Gasteiger partial charge in [0.2, 0.25) is 0 Å². The van der Waals surface area contributed by atoms with E-state index in [0.29, 0.717) is 22.1 Å². The molecule has 0 bridgehead atoms. The molecule has 2 heteroatoms. The molecule has 0 aromatic rings. The molecule has 0 aromatic heterocycles. The van der Waals surface area contributed by atoms with Crippen LogP contribution in [-0.2, 0) is 0 Å². The molecule has 4 atom stereocenters. The molecule has 0 aliphatic heterocycles. The summed E-state index contributed by atoms with van der Waals surface area (Å²) < 4.78 is 0. The second kappa shape index (κ2) is 4.38. The molecule has 2 aliphatic rings. The summed E-state index contributed by atoms with van der Waals surface area (Å²) in [5.41, 5.74) is 1.23. The molecular formula is C15H25BrO. The van der Waals surface area contributed by atoms with Gasteiger partial charge in [-0.3, -0.25) is 0 Å². The molecular weight excluding hydrogens is 276 g/mol. The van der Waals surface area contributed by atoms with Crippen molar-refractivity contribution in [1.29, 1.82) is 0 Å². The third-order valence-electron chi connectivity index (χ3n) is 5.27. The van der Waals surface area contributed by atoms with Crippen LogP contribution in [0, 0.1) is 17.3 Å². The van der Waals surface area contributed by atoms with Crippen LogP contribution in [0.25, 0.3) is 0 Å². The lowest BCUT2D eigenvalue weighted by atomic mass is 9.55. The van der Waals surface area contributed by atoms with E-state index in [1.54, 1.807) is 0 Å². The summed E-state index contributed by atoms with van der Waals surface area (Å²) in [6.07, 6.45) is 5.84. The van der Waals surface area contributed by atoms with Gasteiger partial charge in [0, 0.05) is 4.83 Å². The first-order valence-electron chi connectivity index (χ1n) is 6.79. The van der Waals surface area contributed by atoms with Crippen LogP contribution >= 0.6 is 15.9 Å². The van der Waals surface area contributed by atoms with Gasteiger partial charge in [0.1, 0.15) is 0 Å². The quantitative estimate of drug-likeness (QED) is 0.566. The summed E-state index contributed by atoms with van der Waals surface area (Å²) in [5.74, 6) is 1.01. The largest absolute Gasteiger partial charge is 0.390 e. The number of allylic oxidation sites excluding steroid dienone is 1. The minimum atomic E-state index is -0.541. The van der Waals surface area contributed by atoms with Crippen molar-refractivity contribution in [3.8, 4) is 0 Å². The van der Waals surface area contributed by atoms with Crippen LogP contribution < -0.4 is 0 Å². The fourth-order valence-corrected chi connectivity index (χ4v) is 4.57. The van der Waals surface area contributed by atoms with Crippen molar-refractivity contribution in [2.45, 2.75) is 63.3 Å². The summed E-state index contributed by atoms with van der Waals surface area (Å²) in [6, 6.07) is 0. The van der Waals surface area contributed by atoms with E-state index in [9.17, 15) is 5.11 Å². The summed E-state index contributed by atoms with van der Waals surface area (Å²) in [7, 11) is 0. The van der Waals surface area contributed by atoms with Crippen molar-refractivity contribution in [3.63, 3.8) is 0 Å². The number of halogens is 1. The Morgan fingerprint density at radius 2 is 2.06 bits per heavy atom. The second-order valence-electron chi connectivity index (χ2n) is 6.85. The molecule has 0 radical (unpaired) electrons. The summed E-state index contributed by atoms with van der Waals surface area (Å²) >= 11 is 3.88. The number of fused-ring (bicyclic) bond motifs is 1. The summed E-state index contributed by atoms with van der Waals surface area (Å²) in [6.45, 7) is 10.6. The van der Waals surface area contributed by atoms with Gasteiger partial charge in [0.25, 0.3) is 0 Å². The van der Waals surface area contributed by atoms with Gasteiger partial charge in [-0.25, -0.2) is 0 Å². The Morgan fingerprint density at radius 1 is 1.41 bits per heavy atom. The van der Waals surface area contributed by atoms with Crippen molar-refractivity contribution in [3.05, 3.63) is 12.2 Å². The first kappa shape index (κ1) is 13.6. The maximum absolute atomic E-state index is 10.2. The van der Waals surface area contributed by atoms with Crippen molar-refractivity contribution < 1.29 is 5.11 Å². The molecule has 1 nitrogen and oxygen atoms in total. The lowest BCUT2D eigenvalue weighted by molar-refractivity contribution is -0.0383. The molecule has 0 saturated heterocycles. The highest BCUT2D eigenvalue weighted by atomic mass is 79.9. The molecule has 2 aliphatic carbocycles. The van der Waals surface area contributed by atoms with E-state index < -0.39 is 5.60 Å². The second-order valence-corrected chi connectivity index (χ2v) is 7.95. The molecule has 0 heterocycles. The molecule has 98 valence electrons. The van der Waals surface area contributed by atoms with Crippen molar-refractivity contribution in [2.75, 3.05) is 0 Å². The fourth-order valence-electron chi connectivity index (χ4n) is 3.80. The Morgan fingerprint density at radius 3 is 2.65 bits per heavy atom. The van der Waals surface area contributed by atoms with Gasteiger partial charge in [0.15, 0.2) is 0 Å². The lowest BCUT2D eigenvalue weighted by Crippen LogP contribution is -2.48. The third kappa shape index (κ3) is 2.35. The van der Waals surface area contributed by atoms with Crippen molar-refractivity contribution in [1.82, 2.24) is 0 Å². The van der Waals surface area contributed by atoms with Gasteiger partial charge < -0.3 is 5.11 Å². The number of hydrogen-bond acceptors (Lipinski definition) is 1. The van der Waals surface area contributed by atoms with E-state index in [1.807, 2.05) is 13.8 Å². The maximum Gasteiger partial charge on any atom is 0.0620 e. The Hall–Kier alpha value is 0.180. The molecule has 0 amide bonds. The average Bonchev–Trinajstić information content (AvgIpc) is 2.22. The van der Waals surface area contributed by atoms with E-state index in [4.69, 9.17) is 0 Å². The van der Waals surface area contributed by atoms with Gasteiger partial charge in [0.05, 0.1) is 5.60 Å². The predicted octanol–water partition coefficient (Wildman–Crippen LogP) is 4.29. The summed E-state index contributed by atoms with van der Waals surface area (Å²) in [4.78, 5) is 0.619. The highest BCUT2D eigenvalue weighted by molar-refractivity contribution is 9.09. The third-order valence-corrected chi connectivity index (χ3v) is 6.78. The van der Waals surface area contributed by atoms with E-state index in [2.05, 4.69) is 29.4 Å². The minimum absolute atomic E-state index is 0.358. The highest BCUT2D eigenvalue weighted by Gasteiger charge is 2.49. The van der Waals surface area contributed by atoms with Crippen molar-refractivity contribution >= 4 is 15.9 Å². The van der Waals surface area contributed by atoms with Crippen LogP contribution in [0.4, 0.5) is 0 Å². The molecule has 1 N–H and O–H groups in total. The van der Waals surface area contributed by atoms with Crippen LogP contribution in [0.1, 0.15) is 52.9 Å². The molecule has 2 rings (SSSR count). The van der Waals surface area contributed by atoms with E-state index >= 15 is 0 Å². The minimum Gasteiger partial charge on any atom is -0.390 e. The van der Waals surface area contributed by atoms with E-state index in [1.165, 1.54) is 18.4 Å². The SMILES string of the molecule is C=C1CCC(Br)C2(C)CCC(C(C)(C)O)CC12. The Labute approximate surface area is 114 Å². The molecule has 17 heavy (non-hydrogen) atoms. The van der Waals surface area contributed by atoms with Gasteiger partial charge in [-0.15, -0.1) is 0 Å². The molecule has 0 spiro atoms. The number of aliphatic hydroxyl groups is 1. The van der Waals surface area contributed by atoms with Gasteiger partial charge >= 0.3 is 0 Å². The van der Waals surface area contributed by atoms with Crippen molar-refractivity contribution in [2.24, 2.45) is 17.3 Å². The first-order valence-corrected chi connectivity index (χ1v) is 7.71. The smallest absolute Gasteiger partial charge is 0.0620 e. The first-order chi connectivity index (χ1) is 7.75. The molecule has 4 unspecified atom stereocenters. The monoisotopic (exact) mass is 300 g/mol. The predicted molar refractivity (Wildman–Crippen MR) is 76.3 cm³/mol. The maximum atomic E-state index is 10.2. The zero-order valence-corrected chi connectivity index (χ0v) is 12.9. The highest BCUT2D eigenvalue weighted by Crippen LogP contribution is 2.56. The average molecular weight is 301 g/mol. The van der Waals surface area contributed by atoms with Gasteiger partial charge in [-0.1, -0.05) is 35.0 Å². The Kier molecular flexibility index (Phi) is 3.51. The van der Waals surface area contributed by atoms with Crippen LogP contribution in [-0.4, -0.2) is 15.5 Å². The van der Waals surface area contributed by atoms with Crippen LogP contribution in [0.2, 0.25) is 0 Å². The van der Waals surface area contributed by atoms with Crippen LogP contribution in [0.3, 0.4) is 0 Å². The normalized spacial score (nSPS) is 43.4.